The van der Waals surface area contributed by atoms with Gasteiger partial charge in [-0.3, -0.25) is 9.59 Å². The molecule has 118 valence electrons. The SMILES string of the molecule is O=C([C@@H]1CCCN1C(=O)c1cccc(Br)c1)N1CCOCC1. The molecule has 0 bridgehead atoms. The van der Waals surface area contributed by atoms with E-state index < -0.39 is 0 Å². The van der Waals surface area contributed by atoms with E-state index in [0.717, 1.165) is 17.3 Å². The van der Waals surface area contributed by atoms with Crippen molar-refractivity contribution in [3.8, 4) is 0 Å². The molecule has 0 saturated carbocycles. The minimum atomic E-state index is -0.329. The first-order chi connectivity index (χ1) is 10.7. The molecule has 1 aromatic carbocycles. The van der Waals surface area contributed by atoms with E-state index in [2.05, 4.69) is 15.9 Å². The number of morpholine rings is 1. The van der Waals surface area contributed by atoms with E-state index >= 15 is 0 Å². The van der Waals surface area contributed by atoms with Crippen LogP contribution in [0.15, 0.2) is 28.7 Å². The smallest absolute Gasteiger partial charge is 0.254 e. The lowest BCUT2D eigenvalue weighted by Gasteiger charge is -2.32. The molecule has 2 aliphatic heterocycles. The van der Waals surface area contributed by atoms with Crippen LogP contribution >= 0.6 is 15.9 Å². The number of amides is 2. The molecule has 5 nitrogen and oxygen atoms in total. The first-order valence-electron chi connectivity index (χ1n) is 7.60. The Kier molecular flexibility index (Phi) is 4.78. The summed E-state index contributed by atoms with van der Waals surface area (Å²) in [5, 5.41) is 0. The number of nitrogens with zero attached hydrogens (tertiary/aromatic N) is 2. The van der Waals surface area contributed by atoms with Gasteiger partial charge in [0.25, 0.3) is 5.91 Å². The van der Waals surface area contributed by atoms with Crippen LogP contribution in [-0.4, -0.2) is 60.5 Å². The second-order valence-corrected chi connectivity index (χ2v) is 6.52. The van der Waals surface area contributed by atoms with Crippen molar-refractivity contribution >= 4 is 27.7 Å². The summed E-state index contributed by atoms with van der Waals surface area (Å²) in [5.41, 5.74) is 0.621. The number of benzene rings is 1. The number of carbonyl (C=O) groups is 2. The monoisotopic (exact) mass is 366 g/mol. The summed E-state index contributed by atoms with van der Waals surface area (Å²) in [4.78, 5) is 28.9. The summed E-state index contributed by atoms with van der Waals surface area (Å²) in [7, 11) is 0. The highest BCUT2D eigenvalue weighted by atomic mass is 79.9. The highest BCUT2D eigenvalue weighted by Crippen LogP contribution is 2.23. The standard InChI is InChI=1S/C16H19BrN2O3/c17-13-4-1-3-12(11-13)15(20)19-6-2-5-14(19)16(21)18-7-9-22-10-8-18/h1,3-4,11,14H,2,5-10H2/t14-/m0/s1. The number of ether oxygens (including phenoxy) is 1. The van der Waals surface area contributed by atoms with Crippen molar-refractivity contribution in [2.45, 2.75) is 18.9 Å². The number of hydrogen-bond acceptors (Lipinski definition) is 3. The molecule has 0 aromatic heterocycles. The summed E-state index contributed by atoms with van der Waals surface area (Å²) in [6.07, 6.45) is 1.62. The molecule has 2 saturated heterocycles. The number of rotatable bonds is 2. The van der Waals surface area contributed by atoms with Crippen molar-refractivity contribution in [2.24, 2.45) is 0 Å². The molecule has 3 rings (SSSR count). The van der Waals surface area contributed by atoms with E-state index in [-0.39, 0.29) is 17.9 Å². The number of hydrogen-bond donors (Lipinski definition) is 0. The van der Waals surface area contributed by atoms with Crippen LogP contribution in [0.4, 0.5) is 0 Å². The fourth-order valence-electron chi connectivity index (χ4n) is 3.05. The Labute approximate surface area is 138 Å². The quantitative estimate of drug-likeness (QED) is 0.803. The van der Waals surface area contributed by atoms with Crippen molar-refractivity contribution in [2.75, 3.05) is 32.8 Å². The summed E-state index contributed by atoms with van der Waals surface area (Å²) in [6.45, 7) is 3.05. The van der Waals surface area contributed by atoms with Crippen molar-refractivity contribution in [1.82, 2.24) is 9.80 Å². The first kappa shape index (κ1) is 15.5. The highest BCUT2D eigenvalue weighted by molar-refractivity contribution is 9.10. The van der Waals surface area contributed by atoms with Crippen LogP contribution in [0.5, 0.6) is 0 Å². The van der Waals surface area contributed by atoms with Gasteiger partial charge >= 0.3 is 0 Å². The second kappa shape index (κ2) is 6.79. The Balaban J connectivity index is 1.75. The van der Waals surface area contributed by atoms with Gasteiger partial charge in [0.1, 0.15) is 6.04 Å². The summed E-state index contributed by atoms with van der Waals surface area (Å²) in [6, 6.07) is 6.99. The fourth-order valence-corrected chi connectivity index (χ4v) is 3.45. The van der Waals surface area contributed by atoms with Gasteiger partial charge in [-0.2, -0.15) is 0 Å². The average Bonchev–Trinajstić information content (AvgIpc) is 3.04. The largest absolute Gasteiger partial charge is 0.378 e. The number of carbonyl (C=O) groups excluding carboxylic acids is 2. The van der Waals surface area contributed by atoms with Crippen LogP contribution in [0.1, 0.15) is 23.2 Å². The molecule has 0 spiro atoms. The van der Waals surface area contributed by atoms with Crippen LogP contribution < -0.4 is 0 Å². The maximum Gasteiger partial charge on any atom is 0.254 e. The lowest BCUT2D eigenvalue weighted by molar-refractivity contribution is -0.139. The molecule has 0 radical (unpaired) electrons. The molecular weight excluding hydrogens is 348 g/mol. The van der Waals surface area contributed by atoms with E-state index in [9.17, 15) is 9.59 Å². The summed E-state index contributed by atoms with van der Waals surface area (Å²) >= 11 is 3.39. The van der Waals surface area contributed by atoms with E-state index in [1.165, 1.54) is 0 Å². The number of likely N-dealkylation sites (tertiary alicyclic amines) is 1. The molecule has 2 amide bonds. The van der Waals surface area contributed by atoms with Crippen LogP contribution in [0.3, 0.4) is 0 Å². The third-order valence-corrected chi connectivity index (χ3v) is 4.69. The van der Waals surface area contributed by atoms with Gasteiger partial charge in [-0.25, -0.2) is 0 Å². The Hall–Kier alpha value is -1.40. The van der Waals surface area contributed by atoms with Gasteiger partial charge in [0, 0.05) is 29.7 Å². The Morgan fingerprint density at radius 1 is 1.18 bits per heavy atom. The molecule has 6 heteroatoms. The zero-order valence-corrected chi connectivity index (χ0v) is 13.9. The zero-order valence-electron chi connectivity index (χ0n) is 12.3. The Morgan fingerprint density at radius 2 is 1.95 bits per heavy atom. The average molecular weight is 367 g/mol. The number of halogens is 1. The predicted octanol–water partition coefficient (Wildman–Crippen LogP) is 1.91. The molecule has 2 aliphatic rings. The topological polar surface area (TPSA) is 49.9 Å². The van der Waals surface area contributed by atoms with Crippen LogP contribution in [0.2, 0.25) is 0 Å². The molecule has 2 heterocycles. The van der Waals surface area contributed by atoms with Gasteiger partial charge in [-0.05, 0) is 31.0 Å². The van der Waals surface area contributed by atoms with Crippen molar-refractivity contribution < 1.29 is 14.3 Å². The molecule has 22 heavy (non-hydrogen) atoms. The maximum absolute atomic E-state index is 12.7. The molecule has 0 aliphatic carbocycles. The minimum absolute atomic E-state index is 0.0594. The molecule has 1 aromatic rings. The fraction of sp³-hybridized carbons (Fsp3) is 0.500. The zero-order chi connectivity index (χ0) is 15.5. The Morgan fingerprint density at radius 3 is 2.68 bits per heavy atom. The molecular formula is C16H19BrN2O3. The molecule has 2 fully saturated rings. The molecule has 1 atom stereocenters. The summed E-state index contributed by atoms with van der Waals surface area (Å²) < 4.78 is 6.16. The van der Waals surface area contributed by atoms with Gasteiger partial charge in [0.2, 0.25) is 5.91 Å². The normalized spacial score (nSPS) is 22.0. The third kappa shape index (κ3) is 3.17. The van der Waals surface area contributed by atoms with Crippen LogP contribution in [0.25, 0.3) is 0 Å². The van der Waals surface area contributed by atoms with Crippen molar-refractivity contribution in [3.05, 3.63) is 34.3 Å². The van der Waals surface area contributed by atoms with Gasteiger partial charge in [0.15, 0.2) is 0 Å². The second-order valence-electron chi connectivity index (χ2n) is 5.60. The van der Waals surface area contributed by atoms with Gasteiger partial charge < -0.3 is 14.5 Å². The minimum Gasteiger partial charge on any atom is -0.378 e. The first-order valence-corrected chi connectivity index (χ1v) is 8.39. The van der Waals surface area contributed by atoms with E-state index in [1.54, 1.807) is 17.0 Å². The van der Waals surface area contributed by atoms with Crippen LogP contribution in [-0.2, 0) is 9.53 Å². The van der Waals surface area contributed by atoms with Gasteiger partial charge in [-0.1, -0.05) is 22.0 Å². The predicted molar refractivity (Wildman–Crippen MR) is 85.6 cm³/mol. The summed E-state index contributed by atoms with van der Waals surface area (Å²) in [5.74, 6) is -0.00504. The van der Waals surface area contributed by atoms with Crippen molar-refractivity contribution in [1.29, 1.82) is 0 Å². The third-order valence-electron chi connectivity index (χ3n) is 4.19. The van der Waals surface area contributed by atoms with E-state index in [1.807, 2.05) is 17.0 Å². The maximum atomic E-state index is 12.7. The van der Waals surface area contributed by atoms with E-state index in [0.29, 0.717) is 38.4 Å². The lowest BCUT2D eigenvalue weighted by Crippen LogP contribution is -2.51. The van der Waals surface area contributed by atoms with Crippen molar-refractivity contribution in [3.63, 3.8) is 0 Å². The molecule has 0 unspecified atom stereocenters. The van der Waals surface area contributed by atoms with Gasteiger partial charge in [-0.15, -0.1) is 0 Å². The van der Waals surface area contributed by atoms with Gasteiger partial charge in [0.05, 0.1) is 13.2 Å². The highest BCUT2D eigenvalue weighted by Gasteiger charge is 2.37. The lowest BCUT2D eigenvalue weighted by atomic mass is 10.1. The van der Waals surface area contributed by atoms with Crippen LogP contribution in [0, 0.1) is 0 Å². The molecule has 0 N–H and O–H groups in total. The van der Waals surface area contributed by atoms with E-state index in [4.69, 9.17) is 4.74 Å². The Bertz CT molecular complexity index is 572.